The van der Waals surface area contributed by atoms with Gasteiger partial charge in [0.05, 0.1) is 29.8 Å². The predicted molar refractivity (Wildman–Crippen MR) is 88.3 cm³/mol. The molecular formula is C16H19N3O5S. The normalized spacial score (nSPS) is 20.6. The van der Waals surface area contributed by atoms with E-state index in [2.05, 4.69) is 10.5 Å². The van der Waals surface area contributed by atoms with Gasteiger partial charge in [0, 0.05) is 24.0 Å². The standard InChI is InChI=1S/C16H19N3O5S/c1-10-5-13(24-19-10)6-12-8-23-9-15(12)18-16(20)11-3-2-4-14(7-11)25(17,21)22/h2-5,7,12,15H,6,8-9H2,1H3,(H,18,20)(H2,17,21,22)/t12-,15+/m1/s1. The molecule has 0 saturated carbocycles. The minimum atomic E-state index is -3.86. The molecule has 25 heavy (non-hydrogen) atoms. The summed E-state index contributed by atoms with van der Waals surface area (Å²) in [6.07, 6.45) is 0.600. The van der Waals surface area contributed by atoms with Gasteiger partial charge in [0.1, 0.15) is 5.76 Å². The van der Waals surface area contributed by atoms with Gasteiger partial charge in [-0.2, -0.15) is 0 Å². The van der Waals surface area contributed by atoms with Crippen molar-refractivity contribution in [3.05, 3.63) is 47.3 Å². The van der Waals surface area contributed by atoms with Gasteiger partial charge in [0.25, 0.3) is 5.91 Å². The monoisotopic (exact) mass is 365 g/mol. The minimum absolute atomic E-state index is 0.0534. The number of hydrogen-bond donors (Lipinski definition) is 2. The number of sulfonamides is 1. The number of ether oxygens (including phenoxy) is 1. The van der Waals surface area contributed by atoms with E-state index in [1.807, 2.05) is 13.0 Å². The molecule has 1 amide bonds. The molecule has 1 aliphatic rings. The second-order valence-corrected chi connectivity index (χ2v) is 7.65. The van der Waals surface area contributed by atoms with E-state index >= 15 is 0 Å². The SMILES string of the molecule is Cc1cc(C[C@@H]2COC[C@@H]2NC(=O)c2cccc(S(N)(=O)=O)c2)on1. The predicted octanol–water partition coefficient (Wildman–Crippen LogP) is 0.618. The molecular weight excluding hydrogens is 346 g/mol. The number of nitrogens with two attached hydrogens (primary N) is 1. The van der Waals surface area contributed by atoms with Crippen molar-refractivity contribution in [2.45, 2.75) is 24.3 Å². The van der Waals surface area contributed by atoms with Gasteiger partial charge in [0.15, 0.2) is 0 Å². The summed E-state index contributed by atoms with van der Waals surface area (Å²) >= 11 is 0. The highest BCUT2D eigenvalue weighted by molar-refractivity contribution is 7.89. The van der Waals surface area contributed by atoms with E-state index in [4.69, 9.17) is 14.4 Å². The molecule has 0 spiro atoms. The van der Waals surface area contributed by atoms with E-state index in [0.29, 0.717) is 19.6 Å². The number of hydrogen-bond acceptors (Lipinski definition) is 6. The van der Waals surface area contributed by atoms with Crippen molar-refractivity contribution in [2.75, 3.05) is 13.2 Å². The number of aromatic nitrogens is 1. The topological polar surface area (TPSA) is 125 Å². The molecule has 0 bridgehead atoms. The molecule has 1 saturated heterocycles. The Labute approximate surface area is 145 Å². The number of carbonyl (C=O) groups excluding carboxylic acids is 1. The first-order chi connectivity index (χ1) is 11.8. The maximum atomic E-state index is 12.4. The molecule has 1 fully saturated rings. The summed E-state index contributed by atoms with van der Waals surface area (Å²) in [7, 11) is -3.86. The summed E-state index contributed by atoms with van der Waals surface area (Å²) < 4.78 is 33.5. The van der Waals surface area contributed by atoms with Crippen molar-refractivity contribution in [3.63, 3.8) is 0 Å². The van der Waals surface area contributed by atoms with Crippen LogP contribution in [0.15, 0.2) is 39.8 Å². The zero-order valence-corrected chi connectivity index (χ0v) is 14.5. The number of carbonyl (C=O) groups is 1. The highest BCUT2D eigenvalue weighted by Gasteiger charge is 2.31. The molecule has 2 heterocycles. The highest BCUT2D eigenvalue weighted by Crippen LogP contribution is 2.20. The molecule has 134 valence electrons. The van der Waals surface area contributed by atoms with Crippen LogP contribution in [0.25, 0.3) is 0 Å². The van der Waals surface area contributed by atoms with E-state index in [-0.39, 0.29) is 28.3 Å². The zero-order chi connectivity index (χ0) is 18.0. The number of aryl methyl sites for hydroxylation is 1. The summed E-state index contributed by atoms with van der Waals surface area (Å²) in [5.41, 5.74) is 1.03. The number of benzene rings is 1. The third-order valence-corrected chi connectivity index (χ3v) is 4.99. The Balaban J connectivity index is 1.69. The molecule has 1 aliphatic heterocycles. The van der Waals surface area contributed by atoms with Gasteiger partial charge in [-0.25, -0.2) is 13.6 Å². The lowest BCUT2D eigenvalue weighted by Gasteiger charge is -2.18. The van der Waals surface area contributed by atoms with E-state index in [9.17, 15) is 13.2 Å². The van der Waals surface area contributed by atoms with Gasteiger partial charge in [-0.3, -0.25) is 4.79 Å². The van der Waals surface area contributed by atoms with Crippen molar-refractivity contribution >= 4 is 15.9 Å². The van der Waals surface area contributed by atoms with Gasteiger partial charge >= 0.3 is 0 Å². The molecule has 0 unspecified atom stereocenters. The summed E-state index contributed by atoms with van der Waals surface area (Å²) in [4.78, 5) is 12.3. The van der Waals surface area contributed by atoms with Crippen molar-refractivity contribution in [2.24, 2.45) is 11.1 Å². The maximum absolute atomic E-state index is 12.4. The molecule has 3 N–H and O–H groups in total. The van der Waals surface area contributed by atoms with E-state index in [1.165, 1.54) is 24.3 Å². The molecule has 2 aromatic rings. The lowest BCUT2D eigenvalue weighted by molar-refractivity contribution is 0.0924. The largest absolute Gasteiger partial charge is 0.379 e. The third-order valence-electron chi connectivity index (χ3n) is 4.08. The van der Waals surface area contributed by atoms with Crippen LogP contribution in [-0.2, 0) is 21.2 Å². The van der Waals surface area contributed by atoms with Crippen LogP contribution in [0.2, 0.25) is 0 Å². The number of rotatable bonds is 5. The molecule has 0 radical (unpaired) electrons. The second-order valence-electron chi connectivity index (χ2n) is 6.09. The average Bonchev–Trinajstić information content (AvgIpc) is 3.16. The zero-order valence-electron chi connectivity index (χ0n) is 13.6. The van der Waals surface area contributed by atoms with Gasteiger partial charge in [0.2, 0.25) is 10.0 Å². The van der Waals surface area contributed by atoms with Crippen molar-refractivity contribution in [1.82, 2.24) is 10.5 Å². The Hall–Kier alpha value is -2.23. The smallest absolute Gasteiger partial charge is 0.251 e. The second kappa shape index (κ2) is 6.95. The fourth-order valence-corrected chi connectivity index (χ4v) is 3.36. The number of amides is 1. The number of nitrogens with zero attached hydrogens (tertiary/aromatic N) is 1. The van der Waals surface area contributed by atoms with Crippen LogP contribution in [0.1, 0.15) is 21.8 Å². The van der Waals surface area contributed by atoms with Crippen LogP contribution in [0, 0.1) is 12.8 Å². The molecule has 8 nitrogen and oxygen atoms in total. The summed E-state index contributed by atoms with van der Waals surface area (Å²) in [5, 5.41) is 11.8. The van der Waals surface area contributed by atoms with Crippen LogP contribution in [-0.4, -0.2) is 38.7 Å². The fraction of sp³-hybridized carbons (Fsp3) is 0.375. The Morgan fingerprint density at radius 1 is 1.36 bits per heavy atom. The first-order valence-corrected chi connectivity index (χ1v) is 9.31. The molecule has 3 rings (SSSR count). The van der Waals surface area contributed by atoms with Crippen LogP contribution >= 0.6 is 0 Å². The Morgan fingerprint density at radius 2 is 2.16 bits per heavy atom. The molecule has 1 aromatic heterocycles. The fourth-order valence-electron chi connectivity index (χ4n) is 2.80. The van der Waals surface area contributed by atoms with Gasteiger partial charge in [-0.05, 0) is 25.1 Å². The highest BCUT2D eigenvalue weighted by atomic mass is 32.2. The summed E-state index contributed by atoms with van der Waals surface area (Å²) in [6.45, 7) is 2.73. The van der Waals surface area contributed by atoms with Crippen LogP contribution in [0.3, 0.4) is 0 Å². The van der Waals surface area contributed by atoms with E-state index in [0.717, 1.165) is 11.5 Å². The van der Waals surface area contributed by atoms with Crippen LogP contribution in [0.5, 0.6) is 0 Å². The Morgan fingerprint density at radius 3 is 2.84 bits per heavy atom. The average molecular weight is 365 g/mol. The van der Waals surface area contributed by atoms with Crippen molar-refractivity contribution < 1.29 is 22.5 Å². The summed E-state index contributed by atoms with van der Waals surface area (Å²) in [6, 6.07) is 7.28. The lowest BCUT2D eigenvalue weighted by atomic mass is 9.98. The van der Waals surface area contributed by atoms with Crippen LogP contribution < -0.4 is 10.5 Å². The number of nitrogens with one attached hydrogen (secondary N) is 1. The van der Waals surface area contributed by atoms with Gasteiger partial charge < -0.3 is 14.6 Å². The van der Waals surface area contributed by atoms with Crippen molar-refractivity contribution in [3.8, 4) is 0 Å². The van der Waals surface area contributed by atoms with Gasteiger partial charge in [-0.1, -0.05) is 11.2 Å². The third kappa shape index (κ3) is 4.25. The summed E-state index contributed by atoms with van der Waals surface area (Å²) in [5.74, 6) is 0.418. The number of primary sulfonamides is 1. The van der Waals surface area contributed by atoms with Gasteiger partial charge in [-0.15, -0.1) is 0 Å². The van der Waals surface area contributed by atoms with Crippen LogP contribution in [0.4, 0.5) is 0 Å². The molecule has 1 aromatic carbocycles. The Bertz CT molecular complexity index is 877. The Kier molecular flexibility index (Phi) is 4.89. The molecule has 2 atom stereocenters. The lowest BCUT2D eigenvalue weighted by Crippen LogP contribution is -2.40. The molecule has 9 heteroatoms. The molecule has 0 aliphatic carbocycles. The van der Waals surface area contributed by atoms with E-state index < -0.39 is 10.0 Å². The quantitative estimate of drug-likeness (QED) is 0.800. The van der Waals surface area contributed by atoms with E-state index in [1.54, 1.807) is 0 Å². The first kappa shape index (κ1) is 17.6. The minimum Gasteiger partial charge on any atom is -0.379 e. The first-order valence-electron chi connectivity index (χ1n) is 7.76. The van der Waals surface area contributed by atoms with Crippen molar-refractivity contribution in [1.29, 1.82) is 0 Å². The maximum Gasteiger partial charge on any atom is 0.251 e.